The largest absolute Gasteiger partial charge is 0.389 e. The van der Waals surface area contributed by atoms with Crippen molar-refractivity contribution in [3.8, 4) is 0 Å². The van der Waals surface area contributed by atoms with E-state index in [-0.39, 0.29) is 0 Å². The molecule has 0 bridgehead atoms. The Morgan fingerprint density at radius 3 is 2.28 bits per heavy atom. The zero-order valence-corrected chi connectivity index (χ0v) is 12.3. The molecule has 0 saturated carbocycles. The standard InChI is InChI=1S/C14H13BrN2S/c1-9-2-5-12(8-13(9)15)17-11-6-3-10(4-7-11)14(16)18/h2-8,17H,1H3,(H2,16,18). The fraction of sp³-hybridized carbons (Fsp3) is 0.0714. The highest BCUT2D eigenvalue weighted by molar-refractivity contribution is 9.10. The average Bonchev–Trinajstić information content (AvgIpc) is 2.34. The molecule has 0 aliphatic carbocycles. The normalized spacial score (nSPS) is 10.1. The Bertz CT molecular complexity index is 579. The van der Waals surface area contributed by atoms with Gasteiger partial charge in [0, 0.05) is 21.4 Å². The number of anilines is 2. The van der Waals surface area contributed by atoms with Crippen molar-refractivity contribution in [1.82, 2.24) is 0 Å². The summed E-state index contributed by atoms with van der Waals surface area (Å²) in [7, 11) is 0. The summed E-state index contributed by atoms with van der Waals surface area (Å²) in [6.45, 7) is 2.06. The van der Waals surface area contributed by atoms with Gasteiger partial charge in [-0.3, -0.25) is 0 Å². The number of thiocarbonyl (C=S) groups is 1. The number of nitrogens with one attached hydrogen (secondary N) is 1. The fourth-order valence-electron chi connectivity index (χ4n) is 1.56. The molecule has 2 aromatic rings. The number of aryl methyl sites for hydroxylation is 1. The van der Waals surface area contributed by atoms with Gasteiger partial charge >= 0.3 is 0 Å². The molecule has 0 heterocycles. The molecular weight excluding hydrogens is 308 g/mol. The molecule has 0 spiro atoms. The van der Waals surface area contributed by atoms with E-state index in [2.05, 4.69) is 40.3 Å². The van der Waals surface area contributed by atoms with Crippen molar-refractivity contribution in [2.45, 2.75) is 6.92 Å². The molecule has 2 rings (SSSR count). The van der Waals surface area contributed by atoms with Gasteiger partial charge in [0.25, 0.3) is 0 Å². The van der Waals surface area contributed by atoms with E-state index >= 15 is 0 Å². The summed E-state index contributed by atoms with van der Waals surface area (Å²) < 4.78 is 1.09. The summed E-state index contributed by atoms with van der Waals surface area (Å²) in [5, 5.41) is 3.32. The molecule has 92 valence electrons. The minimum Gasteiger partial charge on any atom is -0.389 e. The van der Waals surface area contributed by atoms with Gasteiger partial charge in [-0.1, -0.05) is 34.2 Å². The third-order valence-corrected chi connectivity index (χ3v) is 3.72. The molecule has 0 amide bonds. The maximum atomic E-state index is 5.56. The smallest absolute Gasteiger partial charge is 0.103 e. The third-order valence-electron chi connectivity index (χ3n) is 2.63. The summed E-state index contributed by atoms with van der Waals surface area (Å²) in [6, 6.07) is 13.9. The first-order valence-corrected chi connectivity index (χ1v) is 6.69. The van der Waals surface area contributed by atoms with Crippen LogP contribution in [0.15, 0.2) is 46.9 Å². The molecule has 0 atom stereocenters. The van der Waals surface area contributed by atoms with Crippen LogP contribution in [0.5, 0.6) is 0 Å². The van der Waals surface area contributed by atoms with Crippen molar-refractivity contribution in [3.05, 3.63) is 58.1 Å². The SMILES string of the molecule is Cc1ccc(Nc2ccc(C(N)=S)cc2)cc1Br. The van der Waals surface area contributed by atoms with Gasteiger partial charge in [-0.2, -0.15) is 0 Å². The van der Waals surface area contributed by atoms with E-state index in [9.17, 15) is 0 Å². The second kappa shape index (κ2) is 5.50. The number of halogens is 1. The second-order valence-corrected chi connectivity index (χ2v) is 5.32. The highest BCUT2D eigenvalue weighted by Crippen LogP contribution is 2.23. The van der Waals surface area contributed by atoms with E-state index < -0.39 is 0 Å². The zero-order chi connectivity index (χ0) is 13.1. The van der Waals surface area contributed by atoms with E-state index in [1.807, 2.05) is 30.3 Å². The Morgan fingerprint density at radius 1 is 1.11 bits per heavy atom. The molecule has 0 fully saturated rings. The van der Waals surface area contributed by atoms with Crippen LogP contribution >= 0.6 is 28.1 Å². The molecule has 0 radical (unpaired) electrons. The lowest BCUT2D eigenvalue weighted by molar-refractivity contribution is 1.42. The number of rotatable bonds is 3. The van der Waals surface area contributed by atoms with Crippen LogP contribution < -0.4 is 11.1 Å². The monoisotopic (exact) mass is 320 g/mol. The van der Waals surface area contributed by atoms with Crippen molar-refractivity contribution in [2.24, 2.45) is 5.73 Å². The second-order valence-electron chi connectivity index (χ2n) is 4.03. The number of benzene rings is 2. The van der Waals surface area contributed by atoms with E-state index in [1.165, 1.54) is 5.56 Å². The van der Waals surface area contributed by atoms with E-state index in [0.29, 0.717) is 4.99 Å². The molecule has 2 nitrogen and oxygen atoms in total. The Kier molecular flexibility index (Phi) is 3.99. The van der Waals surface area contributed by atoms with Crippen LogP contribution in [0.25, 0.3) is 0 Å². The third kappa shape index (κ3) is 3.09. The minimum atomic E-state index is 0.416. The van der Waals surface area contributed by atoms with Crippen LogP contribution in [-0.4, -0.2) is 4.99 Å². The fourth-order valence-corrected chi connectivity index (χ4v) is 2.07. The lowest BCUT2D eigenvalue weighted by atomic mass is 10.2. The van der Waals surface area contributed by atoms with Crippen molar-refractivity contribution in [2.75, 3.05) is 5.32 Å². The summed E-state index contributed by atoms with van der Waals surface area (Å²) in [6.07, 6.45) is 0. The van der Waals surface area contributed by atoms with Gasteiger partial charge in [-0.25, -0.2) is 0 Å². The van der Waals surface area contributed by atoms with Crippen molar-refractivity contribution in [1.29, 1.82) is 0 Å². The molecule has 0 aromatic heterocycles. The maximum Gasteiger partial charge on any atom is 0.103 e. The lowest BCUT2D eigenvalue weighted by Gasteiger charge is -2.08. The Balaban J connectivity index is 2.18. The van der Waals surface area contributed by atoms with Gasteiger partial charge in [-0.15, -0.1) is 0 Å². The Labute approximate surface area is 120 Å². The first-order chi connectivity index (χ1) is 8.56. The summed E-state index contributed by atoms with van der Waals surface area (Å²) in [5.74, 6) is 0. The van der Waals surface area contributed by atoms with Gasteiger partial charge in [0.15, 0.2) is 0 Å². The molecule has 0 unspecified atom stereocenters. The molecule has 4 heteroatoms. The topological polar surface area (TPSA) is 38.0 Å². The first kappa shape index (κ1) is 13.1. The van der Waals surface area contributed by atoms with Crippen LogP contribution in [0.1, 0.15) is 11.1 Å². The van der Waals surface area contributed by atoms with Gasteiger partial charge in [0.05, 0.1) is 0 Å². The van der Waals surface area contributed by atoms with Gasteiger partial charge in [-0.05, 0) is 48.9 Å². The van der Waals surface area contributed by atoms with E-state index in [1.54, 1.807) is 0 Å². The average molecular weight is 321 g/mol. The summed E-state index contributed by atoms with van der Waals surface area (Å²) in [4.78, 5) is 0.416. The number of hydrogen-bond donors (Lipinski definition) is 2. The summed E-state index contributed by atoms with van der Waals surface area (Å²) >= 11 is 8.43. The molecule has 0 saturated heterocycles. The quantitative estimate of drug-likeness (QED) is 0.835. The van der Waals surface area contributed by atoms with Crippen LogP contribution in [0.3, 0.4) is 0 Å². The number of nitrogens with two attached hydrogens (primary N) is 1. The molecule has 18 heavy (non-hydrogen) atoms. The minimum absolute atomic E-state index is 0.416. The predicted octanol–water partition coefficient (Wildman–Crippen LogP) is 4.14. The number of hydrogen-bond acceptors (Lipinski definition) is 2. The molecule has 0 aliphatic heterocycles. The molecule has 3 N–H and O–H groups in total. The maximum absolute atomic E-state index is 5.56. The predicted molar refractivity (Wildman–Crippen MR) is 84.5 cm³/mol. The van der Waals surface area contributed by atoms with Crippen molar-refractivity contribution >= 4 is 44.5 Å². The molecule has 0 aliphatic rings. The van der Waals surface area contributed by atoms with Crippen LogP contribution in [0.4, 0.5) is 11.4 Å². The van der Waals surface area contributed by atoms with Gasteiger partial charge in [0.2, 0.25) is 0 Å². The highest BCUT2D eigenvalue weighted by Gasteiger charge is 2.00. The van der Waals surface area contributed by atoms with E-state index in [0.717, 1.165) is 21.4 Å². The zero-order valence-electron chi connectivity index (χ0n) is 9.91. The Morgan fingerprint density at radius 2 is 1.72 bits per heavy atom. The Hall–Kier alpha value is -1.39. The van der Waals surface area contributed by atoms with Crippen LogP contribution in [0.2, 0.25) is 0 Å². The van der Waals surface area contributed by atoms with E-state index in [4.69, 9.17) is 18.0 Å². The first-order valence-electron chi connectivity index (χ1n) is 5.49. The summed E-state index contributed by atoms with van der Waals surface area (Å²) in [5.41, 5.74) is 9.69. The van der Waals surface area contributed by atoms with Crippen molar-refractivity contribution < 1.29 is 0 Å². The lowest BCUT2D eigenvalue weighted by Crippen LogP contribution is -2.08. The van der Waals surface area contributed by atoms with Gasteiger partial charge < -0.3 is 11.1 Å². The van der Waals surface area contributed by atoms with Crippen LogP contribution in [-0.2, 0) is 0 Å². The molecule has 2 aromatic carbocycles. The molecular formula is C14H13BrN2S. The highest BCUT2D eigenvalue weighted by atomic mass is 79.9. The van der Waals surface area contributed by atoms with Gasteiger partial charge in [0.1, 0.15) is 4.99 Å². The van der Waals surface area contributed by atoms with Crippen LogP contribution in [0, 0.1) is 6.92 Å². The van der Waals surface area contributed by atoms with Crippen molar-refractivity contribution in [3.63, 3.8) is 0 Å².